The van der Waals surface area contributed by atoms with E-state index in [9.17, 15) is 4.79 Å². The Bertz CT molecular complexity index is 760. The highest BCUT2D eigenvalue weighted by Gasteiger charge is 2.06. The van der Waals surface area contributed by atoms with Gasteiger partial charge < -0.3 is 20.7 Å². The minimum Gasteiger partial charge on any atom is -0.494 e. The molecule has 0 atom stereocenters. The highest BCUT2D eigenvalue weighted by molar-refractivity contribution is 5.94. The lowest BCUT2D eigenvalue weighted by atomic mass is 10.1. The summed E-state index contributed by atoms with van der Waals surface area (Å²) in [6.45, 7) is 7.90. The van der Waals surface area contributed by atoms with Gasteiger partial charge in [0.2, 0.25) is 5.91 Å². The molecule has 0 bridgehead atoms. The molecule has 0 heterocycles. The molecule has 0 aliphatic rings. The van der Waals surface area contributed by atoms with Crippen LogP contribution in [0.5, 0.6) is 5.75 Å². The highest BCUT2D eigenvalue weighted by Crippen LogP contribution is 2.21. The summed E-state index contributed by atoms with van der Waals surface area (Å²) in [5.74, 6) is 1.31. The van der Waals surface area contributed by atoms with Crippen LogP contribution in [-0.2, 0) is 11.3 Å². The van der Waals surface area contributed by atoms with Crippen LogP contribution in [-0.4, -0.2) is 31.6 Å². The predicted octanol–water partition coefficient (Wildman–Crippen LogP) is 3.09. The molecule has 27 heavy (non-hydrogen) atoms. The number of hydrogen-bond acceptors (Lipinski definition) is 3. The molecule has 2 aromatic carbocycles. The van der Waals surface area contributed by atoms with Gasteiger partial charge in [-0.2, -0.15) is 0 Å². The third-order valence-corrected chi connectivity index (χ3v) is 3.75. The van der Waals surface area contributed by atoms with Crippen LogP contribution in [0.1, 0.15) is 25.0 Å². The topological polar surface area (TPSA) is 74.8 Å². The van der Waals surface area contributed by atoms with Gasteiger partial charge in [0.25, 0.3) is 0 Å². The molecule has 0 unspecified atom stereocenters. The van der Waals surface area contributed by atoms with Crippen molar-refractivity contribution < 1.29 is 9.53 Å². The van der Waals surface area contributed by atoms with Gasteiger partial charge in [-0.15, -0.1) is 0 Å². The summed E-state index contributed by atoms with van der Waals surface area (Å²) in [4.78, 5) is 16.7. The Morgan fingerprint density at radius 2 is 1.85 bits per heavy atom. The lowest BCUT2D eigenvalue weighted by Gasteiger charge is -2.13. The maximum absolute atomic E-state index is 12.1. The van der Waals surface area contributed by atoms with Crippen LogP contribution in [0.4, 0.5) is 5.69 Å². The molecule has 6 nitrogen and oxygen atoms in total. The van der Waals surface area contributed by atoms with Gasteiger partial charge in [0.05, 0.1) is 19.7 Å². The van der Waals surface area contributed by atoms with Gasteiger partial charge in [-0.3, -0.25) is 4.79 Å². The number of benzene rings is 2. The van der Waals surface area contributed by atoms with E-state index >= 15 is 0 Å². The Morgan fingerprint density at radius 3 is 2.56 bits per heavy atom. The van der Waals surface area contributed by atoms with Crippen LogP contribution in [0, 0.1) is 6.92 Å². The number of anilines is 1. The second kappa shape index (κ2) is 10.9. The van der Waals surface area contributed by atoms with Crippen molar-refractivity contribution in [2.75, 3.05) is 25.0 Å². The monoisotopic (exact) mass is 368 g/mol. The first-order chi connectivity index (χ1) is 13.1. The fourth-order valence-corrected chi connectivity index (χ4v) is 2.48. The van der Waals surface area contributed by atoms with Crippen LogP contribution in [0.2, 0.25) is 0 Å². The van der Waals surface area contributed by atoms with E-state index in [4.69, 9.17) is 4.74 Å². The van der Waals surface area contributed by atoms with Crippen LogP contribution >= 0.6 is 0 Å². The Balaban J connectivity index is 1.97. The quantitative estimate of drug-likeness (QED) is 0.494. The molecule has 6 heteroatoms. The van der Waals surface area contributed by atoms with Crippen molar-refractivity contribution in [2.24, 2.45) is 4.99 Å². The number of carbonyl (C=O) groups is 1. The molecular formula is C21H28N4O2. The van der Waals surface area contributed by atoms with Crippen molar-refractivity contribution >= 4 is 17.6 Å². The first-order valence-electron chi connectivity index (χ1n) is 9.21. The number of amides is 1. The van der Waals surface area contributed by atoms with Crippen molar-refractivity contribution in [3.8, 4) is 5.75 Å². The molecule has 0 saturated carbocycles. The summed E-state index contributed by atoms with van der Waals surface area (Å²) in [5, 5.41) is 9.05. The van der Waals surface area contributed by atoms with E-state index in [2.05, 4.69) is 20.9 Å². The molecule has 0 spiro atoms. The van der Waals surface area contributed by atoms with Gasteiger partial charge in [-0.05, 0) is 44.5 Å². The fraction of sp³-hybridized carbons (Fsp3) is 0.333. The van der Waals surface area contributed by atoms with E-state index in [1.54, 1.807) is 0 Å². The average molecular weight is 368 g/mol. The highest BCUT2D eigenvalue weighted by atomic mass is 16.5. The zero-order valence-corrected chi connectivity index (χ0v) is 16.2. The molecular weight excluding hydrogens is 340 g/mol. The summed E-state index contributed by atoms with van der Waals surface area (Å²) >= 11 is 0. The molecule has 0 aliphatic heterocycles. The normalized spacial score (nSPS) is 11.0. The molecule has 0 radical (unpaired) electrons. The Hall–Kier alpha value is -3.02. The van der Waals surface area contributed by atoms with Crippen molar-refractivity contribution in [2.45, 2.75) is 27.3 Å². The number of hydrogen-bond donors (Lipinski definition) is 3. The van der Waals surface area contributed by atoms with Gasteiger partial charge in [-0.1, -0.05) is 30.3 Å². The van der Waals surface area contributed by atoms with Crippen molar-refractivity contribution in [1.29, 1.82) is 0 Å². The molecule has 0 aliphatic carbocycles. The summed E-state index contributed by atoms with van der Waals surface area (Å²) < 4.78 is 5.70. The standard InChI is InChI=1S/C21H28N4O2/c1-4-22-21(24-15-20(26)25-18-9-7-6-8-10-18)23-14-17-12-11-16(3)13-19(17)27-5-2/h6-13H,4-5,14-15H2,1-3H3,(H,25,26)(H2,22,23,24). The second-order valence-electron chi connectivity index (χ2n) is 6.01. The van der Waals surface area contributed by atoms with Crippen LogP contribution in [0.25, 0.3) is 0 Å². The molecule has 0 saturated heterocycles. The number of nitrogens with one attached hydrogen (secondary N) is 3. The van der Waals surface area contributed by atoms with Gasteiger partial charge >= 0.3 is 0 Å². The minimum absolute atomic E-state index is 0.128. The zero-order valence-electron chi connectivity index (χ0n) is 16.2. The molecule has 0 aromatic heterocycles. The van der Waals surface area contributed by atoms with E-state index in [0.717, 1.165) is 22.6 Å². The van der Waals surface area contributed by atoms with E-state index in [0.29, 0.717) is 25.7 Å². The number of aliphatic imine (C=N–C) groups is 1. The van der Waals surface area contributed by atoms with E-state index < -0.39 is 0 Å². The van der Waals surface area contributed by atoms with Gasteiger partial charge in [-0.25, -0.2) is 4.99 Å². The van der Waals surface area contributed by atoms with Crippen LogP contribution in [0.15, 0.2) is 53.5 Å². The lowest BCUT2D eigenvalue weighted by Crippen LogP contribution is -2.41. The number of rotatable bonds is 8. The van der Waals surface area contributed by atoms with Gasteiger partial charge in [0.15, 0.2) is 5.96 Å². The number of para-hydroxylation sites is 1. The zero-order chi connectivity index (χ0) is 19.5. The summed E-state index contributed by atoms with van der Waals surface area (Å²) in [5.41, 5.74) is 2.93. The van der Waals surface area contributed by atoms with Gasteiger partial charge in [0.1, 0.15) is 5.75 Å². The number of nitrogens with zero attached hydrogens (tertiary/aromatic N) is 1. The third kappa shape index (κ3) is 7.01. The van der Waals surface area contributed by atoms with Crippen LogP contribution in [0.3, 0.4) is 0 Å². The summed E-state index contributed by atoms with van der Waals surface area (Å²) in [7, 11) is 0. The third-order valence-electron chi connectivity index (χ3n) is 3.75. The second-order valence-corrected chi connectivity index (χ2v) is 6.01. The first-order valence-corrected chi connectivity index (χ1v) is 9.21. The molecule has 3 N–H and O–H groups in total. The van der Waals surface area contributed by atoms with Crippen molar-refractivity contribution in [3.63, 3.8) is 0 Å². The number of carbonyl (C=O) groups excluding carboxylic acids is 1. The molecule has 0 fully saturated rings. The van der Waals surface area contributed by atoms with Crippen molar-refractivity contribution in [3.05, 3.63) is 59.7 Å². The molecule has 2 rings (SSSR count). The fourth-order valence-electron chi connectivity index (χ4n) is 2.48. The molecule has 2 aromatic rings. The maximum atomic E-state index is 12.1. The van der Waals surface area contributed by atoms with E-state index in [1.807, 2.05) is 69.3 Å². The maximum Gasteiger partial charge on any atom is 0.243 e. The van der Waals surface area contributed by atoms with E-state index in [1.165, 1.54) is 0 Å². The minimum atomic E-state index is -0.128. The largest absolute Gasteiger partial charge is 0.494 e. The lowest BCUT2D eigenvalue weighted by molar-refractivity contribution is -0.115. The van der Waals surface area contributed by atoms with Crippen LogP contribution < -0.4 is 20.7 Å². The summed E-state index contributed by atoms with van der Waals surface area (Å²) in [6, 6.07) is 15.5. The first kappa shape index (κ1) is 20.3. The number of ether oxygens (including phenoxy) is 1. The number of aryl methyl sites for hydroxylation is 1. The average Bonchev–Trinajstić information content (AvgIpc) is 2.66. The Morgan fingerprint density at radius 1 is 1.07 bits per heavy atom. The predicted molar refractivity (Wildman–Crippen MR) is 110 cm³/mol. The SMILES string of the molecule is CCNC(=NCc1ccc(C)cc1OCC)NCC(=O)Nc1ccccc1. The van der Waals surface area contributed by atoms with Crippen molar-refractivity contribution in [1.82, 2.24) is 10.6 Å². The molecule has 144 valence electrons. The number of guanidine groups is 1. The summed E-state index contributed by atoms with van der Waals surface area (Å²) in [6.07, 6.45) is 0. The van der Waals surface area contributed by atoms with E-state index in [-0.39, 0.29) is 12.5 Å². The Labute approximate surface area is 161 Å². The Kier molecular flexibility index (Phi) is 8.16. The molecule has 1 amide bonds. The van der Waals surface area contributed by atoms with Gasteiger partial charge in [0, 0.05) is 17.8 Å². The smallest absolute Gasteiger partial charge is 0.243 e.